The van der Waals surface area contributed by atoms with Crippen molar-refractivity contribution in [1.29, 1.82) is 0 Å². The maximum absolute atomic E-state index is 12.9. The van der Waals surface area contributed by atoms with Crippen LogP contribution in [0.2, 0.25) is 5.02 Å². The molecule has 0 bridgehead atoms. The Balaban J connectivity index is 2.29. The number of nitrogens with zero attached hydrogens (tertiary/aromatic N) is 2. The molecule has 1 aromatic carbocycles. The Kier molecular flexibility index (Phi) is 17.6. The quantitative estimate of drug-likeness (QED) is 0.151. The molecule has 0 aliphatic rings. The highest BCUT2D eigenvalue weighted by molar-refractivity contribution is 7.89. The van der Waals surface area contributed by atoms with E-state index in [1.54, 1.807) is 0 Å². The van der Waals surface area contributed by atoms with Crippen molar-refractivity contribution in [2.24, 2.45) is 0 Å². The van der Waals surface area contributed by atoms with Crippen LogP contribution in [-0.4, -0.2) is 43.2 Å². The van der Waals surface area contributed by atoms with Gasteiger partial charge in [0, 0.05) is 25.0 Å². The lowest BCUT2D eigenvalue weighted by Gasteiger charge is -2.26. The molecule has 0 fully saturated rings. The van der Waals surface area contributed by atoms with Crippen LogP contribution >= 0.6 is 11.6 Å². The highest BCUT2D eigenvalue weighted by atomic mass is 35.5. The fourth-order valence-electron chi connectivity index (χ4n) is 4.37. The summed E-state index contributed by atoms with van der Waals surface area (Å²) in [5.41, 5.74) is 0. The predicted octanol–water partition coefficient (Wildman–Crippen LogP) is 8.58. The maximum atomic E-state index is 12.9. The molecule has 1 aromatic rings. The summed E-state index contributed by atoms with van der Waals surface area (Å²) in [6.45, 7) is 4.30. The van der Waals surface area contributed by atoms with Gasteiger partial charge in [-0.05, 0) is 37.1 Å². The number of imide groups is 1. The molecule has 0 aromatic heterocycles. The van der Waals surface area contributed by atoms with E-state index in [-0.39, 0.29) is 23.8 Å². The second-order valence-corrected chi connectivity index (χ2v) is 12.4. The second kappa shape index (κ2) is 19.5. The number of hydrogen-bond donors (Lipinski definition) is 0. The Morgan fingerprint density at radius 3 is 1.57 bits per heavy atom. The van der Waals surface area contributed by atoms with Gasteiger partial charge in [0.15, 0.2) is 0 Å². The van der Waals surface area contributed by atoms with Crippen LogP contribution in [0.4, 0.5) is 4.79 Å². The molecule has 0 radical (unpaired) electrons. The smallest absolute Gasteiger partial charge is 0.274 e. The van der Waals surface area contributed by atoms with Gasteiger partial charge in [0.1, 0.15) is 0 Å². The summed E-state index contributed by atoms with van der Waals surface area (Å²) in [4.78, 5) is 26.8. The lowest BCUT2D eigenvalue weighted by molar-refractivity contribution is -0.128. The van der Waals surface area contributed by atoms with Crippen LogP contribution in [0.25, 0.3) is 0 Å². The molecule has 0 heterocycles. The van der Waals surface area contributed by atoms with Crippen LogP contribution < -0.4 is 0 Å². The molecule has 0 unspecified atom stereocenters. The van der Waals surface area contributed by atoms with Gasteiger partial charge in [-0.25, -0.2) is 17.5 Å². The summed E-state index contributed by atoms with van der Waals surface area (Å²) in [5.74, 6) is -0.320. The first-order valence-electron chi connectivity index (χ1n) is 14.3. The Bertz CT molecular complexity index is 874. The molecule has 0 atom stereocenters. The molecule has 1 rings (SSSR count). The predicted molar refractivity (Wildman–Crippen MR) is 153 cm³/mol. The fraction of sp³-hybridized carbons (Fsp3) is 0.724. The number of urea groups is 1. The fourth-order valence-corrected chi connectivity index (χ4v) is 5.60. The summed E-state index contributed by atoms with van der Waals surface area (Å²) in [7, 11) is -2.88. The molecule has 0 spiro atoms. The number of sulfonamides is 1. The topological polar surface area (TPSA) is 74.8 Å². The van der Waals surface area contributed by atoms with E-state index in [9.17, 15) is 18.0 Å². The number of carbonyl (C=O) groups excluding carboxylic acids is 2. The van der Waals surface area contributed by atoms with E-state index in [0.29, 0.717) is 22.2 Å². The minimum absolute atomic E-state index is 0.0425. The molecular formula is C29H49ClN2O4S. The molecular weight excluding hydrogens is 508 g/mol. The maximum Gasteiger partial charge on any atom is 0.340 e. The van der Waals surface area contributed by atoms with Crippen molar-refractivity contribution >= 4 is 33.6 Å². The van der Waals surface area contributed by atoms with E-state index in [2.05, 4.69) is 6.92 Å². The minimum atomic E-state index is -4.07. The molecule has 37 heavy (non-hydrogen) atoms. The molecule has 8 heteroatoms. The van der Waals surface area contributed by atoms with Crippen molar-refractivity contribution < 1.29 is 18.0 Å². The van der Waals surface area contributed by atoms with E-state index in [0.717, 1.165) is 17.7 Å². The van der Waals surface area contributed by atoms with Crippen LogP contribution in [0.5, 0.6) is 0 Å². The molecule has 0 N–H and O–H groups in total. The van der Waals surface area contributed by atoms with Crippen molar-refractivity contribution in [3.05, 3.63) is 29.3 Å². The van der Waals surface area contributed by atoms with Gasteiger partial charge in [-0.3, -0.25) is 9.69 Å². The van der Waals surface area contributed by atoms with Crippen molar-refractivity contribution in [3.63, 3.8) is 0 Å². The van der Waals surface area contributed by atoms with Gasteiger partial charge in [-0.2, -0.15) is 0 Å². The van der Waals surface area contributed by atoms with E-state index < -0.39 is 16.1 Å². The number of amides is 3. The van der Waals surface area contributed by atoms with Crippen LogP contribution in [0, 0.1) is 0 Å². The van der Waals surface area contributed by atoms with Crippen molar-refractivity contribution in [1.82, 2.24) is 9.21 Å². The molecule has 0 aliphatic carbocycles. The number of rotatable bonds is 20. The minimum Gasteiger partial charge on any atom is -0.274 e. The first-order chi connectivity index (χ1) is 17.8. The number of halogens is 1. The first kappa shape index (κ1) is 33.4. The highest BCUT2D eigenvalue weighted by Crippen LogP contribution is 2.20. The first-order valence-corrected chi connectivity index (χ1v) is 16.2. The third-order valence-corrected chi connectivity index (χ3v) is 8.71. The van der Waals surface area contributed by atoms with Gasteiger partial charge in [0.25, 0.3) is 10.0 Å². The van der Waals surface area contributed by atoms with E-state index in [1.807, 2.05) is 6.92 Å². The van der Waals surface area contributed by atoms with Crippen LogP contribution in [0.15, 0.2) is 29.2 Å². The molecule has 0 aliphatic heterocycles. The monoisotopic (exact) mass is 556 g/mol. The van der Waals surface area contributed by atoms with Crippen LogP contribution in [0.3, 0.4) is 0 Å². The Hall–Kier alpha value is -1.60. The molecule has 212 valence electrons. The Labute approximate surface area is 231 Å². The molecule has 0 saturated heterocycles. The Morgan fingerprint density at radius 1 is 0.703 bits per heavy atom. The van der Waals surface area contributed by atoms with Crippen molar-refractivity contribution in [2.75, 3.05) is 13.6 Å². The zero-order valence-corrected chi connectivity index (χ0v) is 24.9. The van der Waals surface area contributed by atoms with E-state index in [4.69, 9.17) is 11.6 Å². The molecule has 0 saturated carbocycles. The van der Waals surface area contributed by atoms with Crippen molar-refractivity contribution in [3.8, 4) is 0 Å². The summed E-state index contributed by atoms with van der Waals surface area (Å²) in [5, 5.41) is 0.402. The highest BCUT2D eigenvalue weighted by Gasteiger charge is 2.31. The van der Waals surface area contributed by atoms with Crippen LogP contribution in [-0.2, 0) is 14.8 Å². The van der Waals surface area contributed by atoms with Gasteiger partial charge >= 0.3 is 6.03 Å². The van der Waals surface area contributed by atoms with Gasteiger partial charge in [0.05, 0.1) is 4.90 Å². The van der Waals surface area contributed by atoms with Gasteiger partial charge in [-0.1, -0.05) is 115 Å². The van der Waals surface area contributed by atoms with Gasteiger partial charge in [0.2, 0.25) is 5.91 Å². The van der Waals surface area contributed by atoms with Gasteiger partial charge in [-0.15, -0.1) is 0 Å². The van der Waals surface area contributed by atoms with Gasteiger partial charge < -0.3 is 0 Å². The number of hydrogen-bond acceptors (Lipinski definition) is 4. The SMILES string of the molecule is CCCCCCCCCCCCCCCCCC(=O)N(CCC)C(=O)N(C)S(=O)(=O)c1ccc(Cl)cc1. The lowest BCUT2D eigenvalue weighted by Crippen LogP contribution is -2.47. The largest absolute Gasteiger partial charge is 0.340 e. The summed E-state index contributed by atoms with van der Waals surface area (Å²) in [6.07, 6.45) is 19.4. The normalized spacial score (nSPS) is 11.5. The Morgan fingerprint density at radius 2 is 1.14 bits per heavy atom. The third-order valence-electron chi connectivity index (χ3n) is 6.71. The number of benzene rings is 1. The lowest BCUT2D eigenvalue weighted by atomic mass is 10.0. The average Bonchev–Trinajstić information content (AvgIpc) is 2.88. The van der Waals surface area contributed by atoms with E-state index in [1.165, 1.54) is 108 Å². The zero-order valence-electron chi connectivity index (χ0n) is 23.4. The second-order valence-electron chi connectivity index (χ2n) is 9.95. The van der Waals surface area contributed by atoms with Crippen LogP contribution in [0.1, 0.15) is 123 Å². The number of carbonyl (C=O) groups is 2. The number of unbranched alkanes of at least 4 members (excludes halogenated alkanes) is 14. The summed E-state index contributed by atoms with van der Waals surface area (Å²) >= 11 is 5.84. The summed E-state index contributed by atoms with van der Waals surface area (Å²) in [6, 6.07) is 4.80. The standard InChI is InChI=1S/C29H49ClN2O4S/c1-4-6-7-8-9-10-11-12-13-14-15-16-17-18-19-20-28(33)32(25-5-2)29(34)31(3)37(35,36)27-23-21-26(30)22-24-27/h21-24H,4-20,25H2,1-3H3. The van der Waals surface area contributed by atoms with E-state index >= 15 is 0 Å². The van der Waals surface area contributed by atoms with Crippen molar-refractivity contribution in [2.45, 2.75) is 128 Å². The zero-order chi connectivity index (χ0) is 27.5. The summed E-state index contributed by atoms with van der Waals surface area (Å²) < 4.78 is 26.3. The molecule has 3 amide bonds. The average molecular weight is 557 g/mol. The molecule has 6 nitrogen and oxygen atoms in total. The third kappa shape index (κ3) is 13.2.